The number of aromatic amines is 1. The molecule has 0 spiro atoms. The first-order valence-corrected chi connectivity index (χ1v) is 26.2. The summed E-state index contributed by atoms with van der Waals surface area (Å²) in [6, 6.07) is 16.2. The molecule has 0 aliphatic heterocycles. The summed E-state index contributed by atoms with van der Waals surface area (Å²) in [4.78, 5) is 124. The normalized spacial score (nSPS) is 14.4. The monoisotopic (exact) mass is 1060 g/mol. The number of amides is 8. The topological polar surface area (TPSA) is 332 Å². The molecule has 21 nitrogen and oxygen atoms in total. The minimum Gasteiger partial charge on any atom is -0.480 e. The van der Waals surface area contributed by atoms with Gasteiger partial charge in [0.15, 0.2) is 0 Å². The number of nitrogens with one attached hydrogen (secondary N) is 9. The molecule has 0 aliphatic rings. The average Bonchev–Trinajstić information content (AvgIpc) is 3.78. The number of carboxylic acids is 1. The van der Waals surface area contributed by atoms with E-state index in [1.165, 1.54) is 18.7 Å². The highest BCUT2D eigenvalue weighted by Crippen LogP contribution is 2.20. The van der Waals surface area contributed by atoms with Crippen LogP contribution < -0.4 is 48.3 Å². The van der Waals surface area contributed by atoms with E-state index in [0.717, 1.165) is 16.5 Å². The van der Waals surface area contributed by atoms with Gasteiger partial charge < -0.3 is 63.5 Å². The molecule has 8 amide bonds. The molecular weight excluding hydrogens is 985 g/mol. The summed E-state index contributed by atoms with van der Waals surface area (Å²) in [7, 11) is 0. The molecule has 8 atom stereocenters. The second-order valence-corrected chi connectivity index (χ2v) is 20.0. The zero-order valence-electron chi connectivity index (χ0n) is 43.1. The molecule has 3 aromatic carbocycles. The maximum absolute atomic E-state index is 14.6. The number of aliphatic hydroxyl groups excluding tert-OH is 1. The Bertz CT molecular complexity index is 2560. The molecule has 0 saturated carbocycles. The van der Waals surface area contributed by atoms with Crippen LogP contribution in [0.25, 0.3) is 10.9 Å². The summed E-state index contributed by atoms with van der Waals surface area (Å²) in [6.45, 7) is 7.02. The first-order valence-electron chi connectivity index (χ1n) is 24.8. The van der Waals surface area contributed by atoms with Crippen molar-refractivity contribution in [3.63, 3.8) is 0 Å². The molecule has 0 bridgehead atoms. The van der Waals surface area contributed by atoms with Gasteiger partial charge in [-0.3, -0.25) is 38.4 Å². The maximum Gasteiger partial charge on any atom is 0.326 e. The van der Waals surface area contributed by atoms with Gasteiger partial charge in [-0.2, -0.15) is 11.8 Å². The van der Waals surface area contributed by atoms with Gasteiger partial charge in [0.1, 0.15) is 36.3 Å². The van der Waals surface area contributed by atoms with Crippen LogP contribution in [0.3, 0.4) is 0 Å². The molecule has 0 saturated heterocycles. The van der Waals surface area contributed by atoms with Crippen LogP contribution in [0.15, 0.2) is 91.1 Å². The van der Waals surface area contributed by atoms with E-state index in [1.54, 1.807) is 62.7 Å². The van der Waals surface area contributed by atoms with Gasteiger partial charge in [0.05, 0.1) is 25.2 Å². The number of aliphatic carboxylic acids is 1. The lowest BCUT2D eigenvalue weighted by Crippen LogP contribution is -2.62. The molecule has 406 valence electrons. The number of aliphatic hydroxyl groups is 1. The van der Waals surface area contributed by atoms with E-state index in [1.807, 2.05) is 62.4 Å². The molecule has 4 rings (SSSR count). The van der Waals surface area contributed by atoms with Crippen molar-refractivity contribution in [3.8, 4) is 0 Å². The van der Waals surface area contributed by atoms with Crippen LogP contribution in [-0.4, -0.2) is 142 Å². The first kappa shape index (κ1) is 60.3. The van der Waals surface area contributed by atoms with Crippen molar-refractivity contribution < 1.29 is 53.4 Å². The van der Waals surface area contributed by atoms with Gasteiger partial charge in [-0.15, -0.1) is 0 Å². The van der Waals surface area contributed by atoms with Gasteiger partial charge in [-0.05, 0) is 72.8 Å². The van der Waals surface area contributed by atoms with Gasteiger partial charge in [-0.25, -0.2) is 4.79 Å². The smallest absolute Gasteiger partial charge is 0.326 e. The van der Waals surface area contributed by atoms with Crippen LogP contribution in [0.2, 0.25) is 0 Å². The summed E-state index contributed by atoms with van der Waals surface area (Å²) in [6.07, 6.45) is 2.27. The average molecular weight is 1060 g/mol. The zero-order valence-corrected chi connectivity index (χ0v) is 44.0. The van der Waals surface area contributed by atoms with E-state index in [0.29, 0.717) is 16.9 Å². The van der Waals surface area contributed by atoms with Gasteiger partial charge in [0.25, 0.3) is 0 Å². The van der Waals surface area contributed by atoms with E-state index >= 15 is 0 Å². The lowest BCUT2D eigenvalue weighted by Gasteiger charge is -2.28. The molecular formula is C53H72N10O11S. The third-order valence-electron chi connectivity index (χ3n) is 12.0. The fourth-order valence-corrected chi connectivity index (χ4v) is 8.44. The van der Waals surface area contributed by atoms with Crippen LogP contribution in [0.1, 0.15) is 64.2 Å². The number of carboxylic acid groups (broad SMARTS) is 1. The Labute approximate surface area is 440 Å². The van der Waals surface area contributed by atoms with E-state index in [9.17, 15) is 53.4 Å². The third-order valence-corrected chi connectivity index (χ3v) is 12.7. The van der Waals surface area contributed by atoms with E-state index < -0.39 is 121 Å². The second kappa shape index (κ2) is 30.2. The molecule has 8 unspecified atom stereocenters. The number of carbonyl (C=O) groups excluding carboxylic acids is 8. The van der Waals surface area contributed by atoms with E-state index in [4.69, 9.17) is 5.73 Å². The number of para-hydroxylation sites is 1. The Balaban J connectivity index is 1.55. The molecule has 22 heteroatoms. The number of hydrogen-bond donors (Lipinski definition) is 12. The molecule has 0 aliphatic carbocycles. The Morgan fingerprint density at radius 2 is 1.11 bits per heavy atom. The SMILES string of the molecule is CSCCC(NC(=O)C(NC(=O)C(CC(C)C)NC(=O)C(N)Cc1ccccc1)C(C)O)C(=O)NC(Cc1c[nH]c2ccccc12)C(=O)NC(Cc1ccccc1)C(=O)NCC(=O)NCC(=O)NC(C(=O)O)C(C)C. The number of nitrogens with two attached hydrogens (primary N) is 1. The molecule has 75 heavy (non-hydrogen) atoms. The van der Waals surface area contributed by atoms with Crippen LogP contribution in [-0.2, 0) is 62.4 Å². The van der Waals surface area contributed by atoms with Crippen molar-refractivity contribution in [1.82, 2.24) is 47.5 Å². The molecule has 0 radical (unpaired) electrons. The van der Waals surface area contributed by atoms with Crippen LogP contribution >= 0.6 is 11.8 Å². The molecule has 1 heterocycles. The van der Waals surface area contributed by atoms with Crippen molar-refractivity contribution in [2.45, 2.75) is 115 Å². The largest absolute Gasteiger partial charge is 0.480 e. The van der Waals surface area contributed by atoms with Crippen LogP contribution in [0.5, 0.6) is 0 Å². The van der Waals surface area contributed by atoms with Gasteiger partial charge in [0, 0.05) is 29.9 Å². The zero-order chi connectivity index (χ0) is 55.2. The minimum absolute atomic E-state index is 0.0482. The number of rotatable bonds is 30. The standard InChI is InChI=1S/C53H72N10O11S/c1-30(2)23-40(59-47(67)37(54)24-33-15-9-7-10-16-33)51(71)63-46(32(5)64)52(72)58-39(21-22-75-6)49(69)61-42(26-35-27-55-38-20-14-13-19-36(35)38)50(70)60-41(25-34-17-11-8-12-18-34)48(68)57-28-43(65)56-29-44(66)62-45(31(3)4)53(73)74/h7-20,27,30-32,37,39-42,45-46,55,64H,21-26,28-29,54H2,1-6H3,(H,56,65)(H,57,68)(H,58,72)(H,59,67)(H,60,70)(H,61,69)(H,62,66)(H,63,71)(H,73,74). The Kier molecular flexibility index (Phi) is 24.2. The number of hydrogen-bond acceptors (Lipinski definition) is 12. The van der Waals surface area contributed by atoms with Crippen LogP contribution in [0.4, 0.5) is 0 Å². The third kappa shape index (κ3) is 19.8. The highest BCUT2D eigenvalue weighted by molar-refractivity contribution is 7.98. The number of thioether (sulfide) groups is 1. The molecule has 1 aromatic heterocycles. The Morgan fingerprint density at radius 3 is 1.69 bits per heavy atom. The number of benzene rings is 3. The van der Waals surface area contributed by atoms with Crippen molar-refractivity contribution in [2.24, 2.45) is 17.6 Å². The van der Waals surface area contributed by atoms with Gasteiger partial charge in [0.2, 0.25) is 47.3 Å². The molecule has 13 N–H and O–H groups in total. The predicted octanol–water partition coefficient (Wildman–Crippen LogP) is 0.585. The summed E-state index contributed by atoms with van der Waals surface area (Å²) < 4.78 is 0. The summed E-state index contributed by atoms with van der Waals surface area (Å²) in [5.74, 6) is -7.59. The summed E-state index contributed by atoms with van der Waals surface area (Å²) in [5.41, 5.74) is 9.06. The van der Waals surface area contributed by atoms with Gasteiger partial charge in [-0.1, -0.05) is 107 Å². The van der Waals surface area contributed by atoms with E-state index in [-0.39, 0.29) is 38.0 Å². The summed E-state index contributed by atoms with van der Waals surface area (Å²) in [5, 5.41) is 41.6. The lowest BCUT2D eigenvalue weighted by atomic mass is 10.0. The quantitative estimate of drug-likeness (QED) is 0.0341. The van der Waals surface area contributed by atoms with E-state index in [2.05, 4.69) is 47.5 Å². The van der Waals surface area contributed by atoms with Crippen LogP contribution in [0, 0.1) is 11.8 Å². The van der Waals surface area contributed by atoms with Crippen molar-refractivity contribution >= 4 is 75.9 Å². The fourth-order valence-electron chi connectivity index (χ4n) is 7.97. The number of fused-ring (bicyclic) bond motifs is 1. The maximum atomic E-state index is 14.6. The number of carbonyl (C=O) groups is 9. The van der Waals surface area contributed by atoms with Crippen molar-refractivity contribution in [1.29, 1.82) is 0 Å². The first-order chi connectivity index (χ1) is 35.7. The second-order valence-electron chi connectivity index (χ2n) is 19.1. The highest BCUT2D eigenvalue weighted by Gasteiger charge is 2.35. The fraction of sp³-hybridized carbons (Fsp3) is 0.453. The molecule has 4 aromatic rings. The number of H-pyrrole nitrogens is 1. The molecule has 0 fully saturated rings. The summed E-state index contributed by atoms with van der Waals surface area (Å²) >= 11 is 1.38. The Hall–Kier alpha value is -7.30. The lowest BCUT2D eigenvalue weighted by molar-refractivity contribution is -0.143. The van der Waals surface area contributed by atoms with Crippen molar-refractivity contribution in [2.75, 3.05) is 25.1 Å². The van der Waals surface area contributed by atoms with Crippen molar-refractivity contribution in [3.05, 3.63) is 108 Å². The minimum atomic E-state index is -1.59. The highest BCUT2D eigenvalue weighted by atomic mass is 32.2. The van der Waals surface area contributed by atoms with Gasteiger partial charge >= 0.3 is 5.97 Å². The predicted molar refractivity (Wildman–Crippen MR) is 284 cm³/mol. The Morgan fingerprint density at radius 1 is 0.573 bits per heavy atom. The number of aromatic nitrogens is 1.